The van der Waals surface area contributed by atoms with E-state index in [4.69, 9.17) is 15.9 Å². The van der Waals surface area contributed by atoms with Gasteiger partial charge in [0.05, 0.1) is 12.7 Å². The number of phenols is 1. The summed E-state index contributed by atoms with van der Waals surface area (Å²) >= 11 is 0. The molecule has 0 radical (unpaired) electrons. The number of hydrogen-bond acceptors (Lipinski definition) is 9. The summed E-state index contributed by atoms with van der Waals surface area (Å²) in [6.45, 7) is 2.24. The minimum Gasteiger partial charge on any atom is -0.508 e. The van der Waals surface area contributed by atoms with E-state index in [2.05, 4.69) is 26.2 Å². The number of methoxy groups -OCH3 is 1. The number of piperidine rings is 1. The Morgan fingerprint density at radius 3 is 2.48 bits per heavy atom. The Balaban J connectivity index is 1.27. The summed E-state index contributed by atoms with van der Waals surface area (Å²) in [5, 5.41) is 14.8. The quantitative estimate of drug-likeness (QED) is 0.194. The molecule has 13 heteroatoms. The van der Waals surface area contributed by atoms with Crippen LogP contribution in [0, 0.1) is 35.8 Å². The van der Waals surface area contributed by atoms with Gasteiger partial charge in [0, 0.05) is 61.3 Å². The second kappa shape index (κ2) is 11.8. The molecular weight excluding hydrogens is 628 g/mol. The molecule has 0 amide bonds. The van der Waals surface area contributed by atoms with Gasteiger partial charge in [-0.05, 0) is 54.7 Å². The van der Waals surface area contributed by atoms with Crippen LogP contribution in [-0.4, -0.2) is 83.5 Å². The monoisotopic (exact) mass is 660 g/mol. The van der Waals surface area contributed by atoms with Crippen molar-refractivity contribution in [2.75, 3.05) is 51.3 Å². The van der Waals surface area contributed by atoms with Crippen LogP contribution in [0.1, 0.15) is 24.8 Å². The normalized spacial score (nSPS) is 23.0. The largest absolute Gasteiger partial charge is 0.508 e. The van der Waals surface area contributed by atoms with Gasteiger partial charge in [-0.2, -0.15) is 18.7 Å². The topological polar surface area (TPSA) is 95.9 Å². The minimum atomic E-state index is -1.83. The summed E-state index contributed by atoms with van der Waals surface area (Å²) in [5.41, 5.74) is -0.837. The molecule has 9 nitrogen and oxygen atoms in total. The van der Waals surface area contributed by atoms with Gasteiger partial charge in [-0.3, -0.25) is 4.90 Å². The van der Waals surface area contributed by atoms with Crippen LogP contribution in [0.5, 0.6) is 17.6 Å². The van der Waals surface area contributed by atoms with Gasteiger partial charge in [0.2, 0.25) is 5.88 Å². The summed E-state index contributed by atoms with van der Waals surface area (Å²) in [6.07, 6.45) is 6.91. The SMILES string of the molecule is C#Cc1c(F)ccc2cc(O)cc(-c3nc(OC)c4c(N5CC6CCC(C5)N6)nc(OCC(CN5CC6CC6C5)=C(F)F)nc4c3F)c12. The lowest BCUT2D eigenvalue weighted by atomic mass is 9.95. The molecule has 1 aliphatic carbocycles. The van der Waals surface area contributed by atoms with Gasteiger partial charge in [-0.1, -0.05) is 12.0 Å². The average molecular weight is 661 g/mol. The third-order valence-corrected chi connectivity index (χ3v) is 9.98. The zero-order chi connectivity index (χ0) is 33.3. The maximum atomic E-state index is 16.9. The van der Waals surface area contributed by atoms with Gasteiger partial charge >= 0.3 is 6.01 Å². The van der Waals surface area contributed by atoms with Gasteiger partial charge in [0.25, 0.3) is 6.08 Å². The first-order valence-electron chi connectivity index (χ1n) is 16.0. The highest BCUT2D eigenvalue weighted by Gasteiger charge is 2.45. The number of piperazine rings is 1. The Hall–Kier alpha value is -4.67. The Bertz CT molecular complexity index is 2030. The van der Waals surface area contributed by atoms with Gasteiger partial charge in [-0.15, -0.1) is 6.42 Å². The number of halogens is 4. The molecule has 1 saturated carbocycles. The van der Waals surface area contributed by atoms with Crippen LogP contribution >= 0.6 is 0 Å². The molecule has 48 heavy (non-hydrogen) atoms. The Morgan fingerprint density at radius 1 is 1.04 bits per heavy atom. The van der Waals surface area contributed by atoms with Crippen molar-refractivity contribution in [1.82, 2.24) is 25.2 Å². The maximum Gasteiger partial charge on any atom is 0.319 e. The molecule has 4 fully saturated rings. The van der Waals surface area contributed by atoms with E-state index in [0.717, 1.165) is 32.4 Å². The second-order valence-corrected chi connectivity index (χ2v) is 13.1. The number of pyridine rings is 1. The van der Waals surface area contributed by atoms with E-state index in [0.29, 0.717) is 36.1 Å². The molecule has 248 valence electrons. The van der Waals surface area contributed by atoms with Crippen molar-refractivity contribution in [3.63, 3.8) is 0 Å². The number of terminal acetylenes is 1. The Kier molecular flexibility index (Phi) is 7.53. The molecule has 4 unspecified atom stereocenters. The lowest BCUT2D eigenvalue weighted by molar-refractivity contribution is 0.267. The van der Waals surface area contributed by atoms with Crippen LogP contribution in [0.15, 0.2) is 35.9 Å². The van der Waals surface area contributed by atoms with Gasteiger partial charge in [0.1, 0.15) is 40.6 Å². The van der Waals surface area contributed by atoms with E-state index in [9.17, 15) is 18.3 Å². The first-order chi connectivity index (χ1) is 23.2. The molecule has 2 aromatic heterocycles. The average Bonchev–Trinajstić information content (AvgIpc) is 3.54. The van der Waals surface area contributed by atoms with Gasteiger partial charge in [0.15, 0.2) is 5.82 Å². The van der Waals surface area contributed by atoms with E-state index in [-0.39, 0.29) is 75.0 Å². The van der Waals surface area contributed by atoms with Crippen LogP contribution in [0.4, 0.5) is 23.4 Å². The fraction of sp³-hybridized carbons (Fsp3) is 0.400. The van der Waals surface area contributed by atoms with Crippen molar-refractivity contribution in [3.8, 4) is 41.2 Å². The number of likely N-dealkylation sites (tertiary alicyclic amines) is 1. The highest BCUT2D eigenvalue weighted by atomic mass is 19.3. The Labute approximate surface area is 273 Å². The predicted molar refractivity (Wildman–Crippen MR) is 171 cm³/mol. The number of aromatic nitrogens is 3. The maximum absolute atomic E-state index is 16.9. The number of rotatable bonds is 8. The van der Waals surface area contributed by atoms with E-state index < -0.39 is 24.3 Å². The standard InChI is InChI=1S/C35H32F4N6O3/c1-3-24-26(36)7-4-17-9-23(46)10-25(27(17)24)30-29(37)31-28(34(41-30)47-2)33(45-14-21-5-6-22(15-45)40-21)43-35(42-31)48-16-20(32(38)39)13-44-11-18-8-19(18)12-44/h1,4,7,9-10,18-19,21-22,40,46H,5-6,8,11-16H2,2H3. The number of nitrogens with zero attached hydrogens (tertiary/aromatic N) is 5. The number of phenolic OH excluding ortho intramolecular Hbond substituents is 1. The fourth-order valence-corrected chi connectivity index (χ4v) is 7.65. The number of nitrogens with one attached hydrogen (secondary N) is 1. The minimum absolute atomic E-state index is 0.0198. The number of benzene rings is 2. The smallest absolute Gasteiger partial charge is 0.319 e. The third kappa shape index (κ3) is 5.33. The van der Waals surface area contributed by atoms with Crippen molar-refractivity contribution >= 4 is 27.5 Å². The van der Waals surface area contributed by atoms with Crippen LogP contribution < -0.4 is 19.7 Å². The van der Waals surface area contributed by atoms with Gasteiger partial charge < -0.3 is 24.8 Å². The van der Waals surface area contributed by atoms with Crippen molar-refractivity contribution in [3.05, 3.63) is 53.1 Å². The van der Waals surface area contributed by atoms with Gasteiger partial charge in [-0.25, -0.2) is 13.8 Å². The van der Waals surface area contributed by atoms with Crippen molar-refractivity contribution in [1.29, 1.82) is 0 Å². The highest BCUT2D eigenvalue weighted by Crippen LogP contribution is 2.45. The molecule has 3 aliphatic heterocycles. The molecule has 2 N–H and O–H groups in total. The van der Waals surface area contributed by atoms with Crippen LogP contribution in [0.25, 0.3) is 32.9 Å². The molecule has 8 rings (SSSR count). The summed E-state index contributed by atoms with van der Waals surface area (Å²) in [7, 11) is 1.37. The molecule has 0 spiro atoms. The molecule has 4 atom stereocenters. The lowest BCUT2D eigenvalue weighted by Gasteiger charge is -2.34. The zero-order valence-electron chi connectivity index (χ0n) is 26.1. The first kappa shape index (κ1) is 30.7. The first-order valence-corrected chi connectivity index (χ1v) is 16.0. The fourth-order valence-electron chi connectivity index (χ4n) is 7.65. The van der Waals surface area contributed by atoms with Crippen molar-refractivity contribution in [2.24, 2.45) is 11.8 Å². The summed E-state index contributed by atoms with van der Waals surface area (Å²) in [4.78, 5) is 17.5. The second-order valence-electron chi connectivity index (χ2n) is 13.1. The number of anilines is 1. The number of aromatic hydroxyl groups is 1. The van der Waals surface area contributed by atoms with E-state index in [1.807, 2.05) is 9.80 Å². The highest BCUT2D eigenvalue weighted by molar-refractivity contribution is 6.04. The van der Waals surface area contributed by atoms with Crippen molar-refractivity contribution < 1.29 is 32.1 Å². The molecule has 4 aliphatic rings. The molecule has 2 bridgehead atoms. The van der Waals surface area contributed by atoms with E-state index in [1.54, 1.807) is 0 Å². The van der Waals surface area contributed by atoms with Crippen LogP contribution in [0.2, 0.25) is 0 Å². The zero-order valence-corrected chi connectivity index (χ0v) is 26.1. The summed E-state index contributed by atoms with van der Waals surface area (Å²) < 4.78 is 71.6. The van der Waals surface area contributed by atoms with Crippen LogP contribution in [0.3, 0.4) is 0 Å². The predicted octanol–water partition coefficient (Wildman–Crippen LogP) is 5.24. The number of hydrogen-bond donors (Lipinski definition) is 2. The lowest BCUT2D eigenvalue weighted by Crippen LogP contribution is -2.51. The Morgan fingerprint density at radius 2 is 1.79 bits per heavy atom. The molecule has 2 aromatic carbocycles. The molecule has 4 aromatic rings. The van der Waals surface area contributed by atoms with Crippen LogP contribution in [-0.2, 0) is 0 Å². The summed E-state index contributed by atoms with van der Waals surface area (Å²) in [5.74, 6) is 1.91. The molecular formula is C35H32F4N6O3. The summed E-state index contributed by atoms with van der Waals surface area (Å²) in [6, 6.07) is 5.30. The number of ether oxygens (including phenoxy) is 2. The van der Waals surface area contributed by atoms with E-state index >= 15 is 4.39 Å². The molecule has 5 heterocycles. The van der Waals surface area contributed by atoms with E-state index in [1.165, 1.54) is 31.4 Å². The molecule has 3 saturated heterocycles. The third-order valence-electron chi connectivity index (χ3n) is 9.98. The number of fused-ring (bicyclic) bond motifs is 5. The van der Waals surface area contributed by atoms with Crippen molar-refractivity contribution in [2.45, 2.75) is 31.3 Å².